The van der Waals surface area contributed by atoms with Crippen LogP contribution in [0, 0.1) is 13.8 Å². The Morgan fingerprint density at radius 3 is 2.30 bits per heavy atom. The highest BCUT2D eigenvalue weighted by Crippen LogP contribution is 2.28. The molecule has 122 valence electrons. The number of amides is 1. The van der Waals surface area contributed by atoms with E-state index in [0.717, 1.165) is 24.5 Å². The van der Waals surface area contributed by atoms with Gasteiger partial charge in [0.25, 0.3) is 5.91 Å². The highest BCUT2D eigenvalue weighted by atomic mass is 35.5. The van der Waals surface area contributed by atoms with Crippen molar-refractivity contribution in [1.82, 2.24) is 4.90 Å². The Morgan fingerprint density at radius 1 is 1.04 bits per heavy atom. The number of piperazine rings is 1. The maximum Gasteiger partial charge on any atom is 0.257 e. The lowest BCUT2D eigenvalue weighted by Crippen LogP contribution is -2.48. The Kier molecular flexibility index (Phi) is 4.55. The number of benzene rings is 1. The molecule has 0 radical (unpaired) electrons. The number of carbonyl (C=O) groups excluding carboxylic acids is 1. The summed E-state index contributed by atoms with van der Waals surface area (Å²) in [6.45, 7) is 6.54. The molecule has 0 spiro atoms. The quantitative estimate of drug-likeness (QED) is 0.813. The Morgan fingerprint density at radius 2 is 1.74 bits per heavy atom. The minimum absolute atomic E-state index is 0.0353. The number of nitrogens with zero attached hydrogens (tertiary/aromatic N) is 2. The van der Waals surface area contributed by atoms with Crippen LogP contribution in [0.2, 0.25) is 10.0 Å². The summed E-state index contributed by atoms with van der Waals surface area (Å²) in [5.41, 5.74) is 1.69. The molecule has 6 heteroatoms. The van der Waals surface area contributed by atoms with Gasteiger partial charge in [-0.3, -0.25) is 4.79 Å². The first-order chi connectivity index (χ1) is 11.0. The third-order valence-corrected chi connectivity index (χ3v) is 4.85. The first-order valence-electron chi connectivity index (χ1n) is 7.52. The molecule has 1 aromatic carbocycles. The SMILES string of the molecule is Cc1cc(C(=O)N2CCN(c3ccc(Cl)c(Cl)c3)CC2)c(C)o1. The van der Waals surface area contributed by atoms with Crippen LogP contribution in [0.5, 0.6) is 0 Å². The number of hydrogen-bond acceptors (Lipinski definition) is 3. The van der Waals surface area contributed by atoms with Crippen molar-refractivity contribution in [3.63, 3.8) is 0 Å². The van der Waals surface area contributed by atoms with E-state index in [1.807, 2.05) is 36.9 Å². The predicted octanol–water partition coefficient (Wildman–Crippen LogP) is 4.17. The van der Waals surface area contributed by atoms with E-state index < -0.39 is 0 Å². The topological polar surface area (TPSA) is 36.7 Å². The largest absolute Gasteiger partial charge is 0.466 e. The summed E-state index contributed by atoms with van der Waals surface area (Å²) in [5, 5.41) is 1.10. The van der Waals surface area contributed by atoms with Crippen molar-refractivity contribution in [3.8, 4) is 0 Å². The first kappa shape index (κ1) is 16.2. The van der Waals surface area contributed by atoms with E-state index in [2.05, 4.69) is 4.90 Å². The summed E-state index contributed by atoms with van der Waals surface area (Å²) in [7, 11) is 0. The van der Waals surface area contributed by atoms with Crippen LogP contribution in [-0.4, -0.2) is 37.0 Å². The maximum absolute atomic E-state index is 12.6. The molecule has 1 amide bonds. The van der Waals surface area contributed by atoms with Crippen molar-refractivity contribution in [2.24, 2.45) is 0 Å². The van der Waals surface area contributed by atoms with Gasteiger partial charge < -0.3 is 14.2 Å². The van der Waals surface area contributed by atoms with Crippen LogP contribution in [0.4, 0.5) is 5.69 Å². The zero-order chi connectivity index (χ0) is 16.6. The molecule has 3 rings (SSSR count). The molecule has 2 heterocycles. The van der Waals surface area contributed by atoms with Gasteiger partial charge in [-0.25, -0.2) is 0 Å². The minimum atomic E-state index is 0.0353. The zero-order valence-corrected chi connectivity index (χ0v) is 14.6. The summed E-state index contributed by atoms with van der Waals surface area (Å²) >= 11 is 12.0. The van der Waals surface area contributed by atoms with Gasteiger partial charge in [-0.05, 0) is 38.1 Å². The van der Waals surface area contributed by atoms with Crippen LogP contribution in [0.15, 0.2) is 28.7 Å². The van der Waals surface area contributed by atoms with E-state index in [9.17, 15) is 4.79 Å². The summed E-state index contributed by atoms with van der Waals surface area (Å²) < 4.78 is 5.46. The van der Waals surface area contributed by atoms with Crippen molar-refractivity contribution in [2.45, 2.75) is 13.8 Å². The van der Waals surface area contributed by atoms with Gasteiger partial charge in [0.1, 0.15) is 11.5 Å². The van der Waals surface area contributed by atoms with Crippen molar-refractivity contribution in [1.29, 1.82) is 0 Å². The number of anilines is 1. The highest BCUT2D eigenvalue weighted by molar-refractivity contribution is 6.42. The molecule has 0 saturated carbocycles. The molecule has 4 nitrogen and oxygen atoms in total. The maximum atomic E-state index is 12.6. The van der Waals surface area contributed by atoms with Crippen LogP contribution >= 0.6 is 23.2 Å². The molecule has 0 bridgehead atoms. The molecule has 1 saturated heterocycles. The second-order valence-electron chi connectivity index (χ2n) is 5.70. The van der Waals surface area contributed by atoms with E-state index in [-0.39, 0.29) is 5.91 Å². The van der Waals surface area contributed by atoms with Crippen molar-refractivity contribution in [3.05, 3.63) is 51.4 Å². The molecule has 0 N–H and O–H groups in total. The number of furan rings is 1. The third-order valence-electron chi connectivity index (χ3n) is 4.11. The van der Waals surface area contributed by atoms with Crippen LogP contribution < -0.4 is 4.90 Å². The fourth-order valence-corrected chi connectivity index (χ4v) is 3.16. The molecule has 1 aromatic heterocycles. The molecule has 2 aromatic rings. The second kappa shape index (κ2) is 6.46. The van der Waals surface area contributed by atoms with Gasteiger partial charge in [-0.15, -0.1) is 0 Å². The normalized spacial score (nSPS) is 15.1. The van der Waals surface area contributed by atoms with E-state index >= 15 is 0 Å². The molecular weight excluding hydrogens is 335 g/mol. The van der Waals surface area contributed by atoms with Crippen LogP contribution in [0.1, 0.15) is 21.9 Å². The molecule has 0 unspecified atom stereocenters. The lowest BCUT2D eigenvalue weighted by Gasteiger charge is -2.36. The monoisotopic (exact) mass is 352 g/mol. The van der Waals surface area contributed by atoms with Crippen molar-refractivity contribution in [2.75, 3.05) is 31.1 Å². The molecule has 23 heavy (non-hydrogen) atoms. The number of carbonyl (C=O) groups is 1. The summed E-state index contributed by atoms with van der Waals surface area (Å²) in [5.74, 6) is 1.48. The lowest BCUT2D eigenvalue weighted by molar-refractivity contribution is 0.0745. The van der Waals surface area contributed by atoms with Gasteiger partial charge in [0.2, 0.25) is 0 Å². The average molecular weight is 353 g/mol. The lowest BCUT2D eigenvalue weighted by atomic mass is 10.2. The Hall–Kier alpha value is -1.65. The van der Waals surface area contributed by atoms with E-state index in [1.165, 1.54) is 0 Å². The Labute approximate surface area is 145 Å². The molecule has 0 aliphatic carbocycles. The molecule has 0 atom stereocenters. The van der Waals surface area contributed by atoms with Gasteiger partial charge in [-0.1, -0.05) is 23.2 Å². The average Bonchev–Trinajstić information content (AvgIpc) is 2.88. The first-order valence-corrected chi connectivity index (χ1v) is 8.27. The Bertz CT molecular complexity index is 734. The number of rotatable bonds is 2. The van der Waals surface area contributed by atoms with Crippen LogP contribution in [0.3, 0.4) is 0 Å². The highest BCUT2D eigenvalue weighted by Gasteiger charge is 2.25. The molecular formula is C17H18Cl2N2O2. The number of hydrogen-bond donors (Lipinski definition) is 0. The van der Waals surface area contributed by atoms with Gasteiger partial charge in [0, 0.05) is 31.9 Å². The van der Waals surface area contributed by atoms with Gasteiger partial charge in [0.05, 0.1) is 15.6 Å². The van der Waals surface area contributed by atoms with Crippen molar-refractivity contribution < 1.29 is 9.21 Å². The summed E-state index contributed by atoms with van der Waals surface area (Å²) in [4.78, 5) is 16.7. The standard InChI is InChI=1S/C17H18Cl2N2O2/c1-11-9-14(12(2)23-11)17(22)21-7-5-20(6-8-21)13-3-4-15(18)16(19)10-13/h3-4,9-10H,5-8H2,1-2H3. The second-order valence-corrected chi connectivity index (χ2v) is 6.52. The van der Waals surface area contributed by atoms with E-state index in [0.29, 0.717) is 34.5 Å². The smallest absolute Gasteiger partial charge is 0.257 e. The van der Waals surface area contributed by atoms with Gasteiger partial charge in [0.15, 0.2) is 0 Å². The van der Waals surface area contributed by atoms with Crippen LogP contribution in [-0.2, 0) is 0 Å². The zero-order valence-electron chi connectivity index (χ0n) is 13.1. The third kappa shape index (κ3) is 3.33. The summed E-state index contributed by atoms with van der Waals surface area (Å²) in [6.07, 6.45) is 0. The fraction of sp³-hybridized carbons (Fsp3) is 0.353. The minimum Gasteiger partial charge on any atom is -0.466 e. The van der Waals surface area contributed by atoms with E-state index in [1.54, 1.807) is 6.07 Å². The Balaban J connectivity index is 1.67. The fourth-order valence-electron chi connectivity index (χ4n) is 2.86. The molecule has 1 aliphatic rings. The predicted molar refractivity (Wildman–Crippen MR) is 92.8 cm³/mol. The number of aryl methyl sites for hydroxylation is 2. The number of halogens is 2. The van der Waals surface area contributed by atoms with Gasteiger partial charge >= 0.3 is 0 Å². The molecule has 1 fully saturated rings. The summed E-state index contributed by atoms with van der Waals surface area (Å²) in [6, 6.07) is 7.43. The van der Waals surface area contributed by atoms with E-state index in [4.69, 9.17) is 27.6 Å². The van der Waals surface area contributed by atoms with Crippen molar-refractivity contribution >= 4 is 34.8 Å². The van der Waals surface area contributed by atoms with Crippen LogP contribution in [0.25, 0.3) is 0 Å². The van der Waals surface area contributed by atoms with Gasteiger partial charge in [-0.2, -0.15) is 0 Å². The molecule has 1 aliphatic heterocycles.